The third kappa shape index (κ3) is 9.22. The SMILES string of the molecule is Oc1ccccc1.Oc1ccccc1.[AlH3].c1ccc(-c2ccccn2)nc1. The smallest absolute Gasteiger partial charge is 0.187 e. The summed E-state index contributed by atoms with van der Waals surface area (Å²) in [7, 11) is 0. The molecule has 27 heavy (non-hydrogen) atoms. The minimum atomic E-state index is 0. The van der Waals surface area contributed by atoms with E-state index in [0.29, 0.717) is 11.5 Å². The van der Waals surface area contributed by atoms with E-state index in [1.807, 2.05) is 48.5 Å². The molecule has 0 atom stereocenters. The van der Waals surface area contributed by atoms with Crippen LogP contribution < -0.4 is 0 Å². The van der Waals surface area contributed by atoms with Gasteiger partial charge < -0.3 is 10.2 Å². The molecule has 0 aliphatic rings. The lowest BCUT2D eigenvalue weighted by Gasteiger charge is -1.96. The molecule has 0 radical (unpaired) electrons. The molecule has 0 fully saturated rings. The second kappa shape index (κ2) is 13.1. The van der Waals surface area contributed by atoms with Crippen molar-refractivity contribution in [2.24, 2.45) is 0 Å². The van der Waals surface area contributed by atoms with Crippen molar-refractivity contribution in [1.82, 2.24) is 9.97 Å². The average molecular weight is 374 g/mol. The molecule has 5 heteroatoms. The van der Waals surface area contributed by atoms with Gasteiger partial charge in [-0.15, -0.1) is 0 Å². The van der Waals surface area contributed by atoms with Crippen LogP contribution in [-0.2, 0) is 0 Å². The Bertz CT molecular complexity index is 771. The summed E-state index contributed by atoms with van der Waals surface area (Å²) in [5, 5.41) is 17.3. The van der Waals surface area contributed by atoms with E-state index in [1.54, 1.807) is 60.9 Å². The quantitative estimate of drug-likeness (QED) is 0.498. The minimum absolute atomic E-state index is 0. The van der Waals surface area contributed by atoms with Gasteiger partial charge in [0.25, 0.3) is 0 Å². The van der Waals surface area contributed by atoms with Crippen LogP contribution in [0.5, 0.6) is 11.5 Å². The fraction of sp³-hybridized carbons (Fsp3) is 0. The van der Waals surface area contributed by atoms with Gasteiger partial charge in [0.1, 0.15) is 11.5 Å². The summed E-state index contributed by atoms with van der Waals surface area (Å²) in [5.41, 5.74) is 1.83. The highest BCUT2D eigenvalue weighted by molar-refractivity contribution is 5.75. The van der Waals surface area contributed by atoms with E-state index in [4.69, 9.17) is 10.2 Å². The van der Waals surface area contributed by atoms with Crippen LogP contribution in [0.1, 0.15) is 0 Å². The molecular formula is C22H23AlN2O2. The fourth-order valence-electron chi connectivity index (χ4n) is 1.88. The maximum absolute atomic E-state index is 8.63. The summed E-state index contributed by atoms with van der Waals surface area (Å²) in [6.07, 6.45) is 3.54. The molecule has 0 bridgehead atoms. The number of nitrogens with zero attached hydrogens (tertiary/aromatic N) is 2. The zero-order chi connectivity index (χ0) is 18.5. The molecule has 0 unspecified atom stereocenters. The highest BCUT2D eigenvalue weighted by atomic mass is 27.0. The van der Waals surface area contributed by atoms with Gasteiger partial charge in [-0.05, 0) is 48.5 Å². The molecule has 0 aliphatic carbocycles. The highest BCUT2D eigenvalue weighted by Gasteiger charge is 1.95. The van der Waals surface area contributed by atoms with Crippen LogP contribution in [0.15, 0.2) is 109 Å². The molecule has 0 saturated carbocycles. The second-order valence-corrected chi connectivity index (χ2v) is 5.10. The first-order chi connectivity index (χ1) is 12.8. The Morgan fingerprint density at radius 2 is 0.778 bits per heavy atom. The normalized spacial score (nSPS) is 8.74. The van der Waals surface area contributed by atoms with Crippen molar-refractivity contribution in [3.63, 3.8) is 0 Å². The second-order valence-electron chi connectivity index (χ2n) is 5.10. The predicted molar refractivity (Wildman–Crippen MR) is 114 cm³/mol. The molecule has 2 aromatic heterocycles. The van der Waals surface area contributed by atoms with Gasteiger partial charge >= 0.3 is 0 Å². The lowest BCUT2D eigenvalue weighted by atomic mass is 10.2. The van der Waals surface area contributed by atoms with E-state index in [9.17, 15) is 0 Å². The zero-order valence-electron chi connectivity index (χ0n) is 14.2. The molecule has 0 amide bonds. The maximum atomic E-state index is 8.63. The average Bonchev–Trinajstić information content (AvgIpc) is 2.72. The van der Waals surface area contributed by atoms with Gasteiger partial charge in [-0.25, -0.2) is 0 Å². The molecule has 0 aliphatic heterocycles. The number of aromatic hydroxyl groups is 2. The first-order valence-corrected chi connectivity index (χ1v) is 8.06. The number of phenolic OH excluding ortho intramolecular Hbond substituents is 2. The number of para-hydroxylation sites is 2. The molecule has 2 heterocycles. The lowest BCUT2D eigenvalue weighted by molar-refractivity contribution is 0.475. The summed E-state index contributed by atoms with van der Waals surface area (Å²) < 4.78 is 0. The lowest BCUT2D eigenvalue weighted by Crippen LogP contribution is -1.83. The monoisotopic (exact) mass is 374 g/mol. The maximum Gasteiger partial charge on any atom is 0.187 e. The first kappa shape index (κ1) is 21.9. The van der Waals surface area contributed by atoms with E-state index in [-0.39, 0.29) is 17.4 Å². The zero-order valence-corrected chi connectivity index (χ0v) is 14.2. The summed E-state index contributed by atoms with van der Waals surface area (Å²) in [4.78, 5) is 8.37. The number of aromatic nitrogens is 2. The highest BCUT2D eigenvalue weighted by Crippen LogP contribution is 2.10. The van der Waals surface area contributed by atoms with Crippen LogP contribution in [0.25, 0.3) is 11.4 Å². The van der Waals surface area contributed by atoms with Gasteiger partial charge in [0, 0.05) is 12.4 Å². The summed E-state index contributed by atoms with van der Waals surface area (Å²) in [5.74, 6) is 0.644. The topological polar surface area (TPSA) is 66.2 Å². The largest absolute Gasteiger partial charge is 0.508 e. The van der Waals surface area contributed by atoms with Crippen LogP contribution in [0, 0.1) is 0 Å². The van der Waals surface area contributed by atoms with E-state index >= 15 is 0 Å². The van der Waals surface area contributed by atoms with Gasteiger partial charge in [0.2, 0.25) is 0 Å². The number of hydrogen-bond donors (Lipinski definition) is 2. The molecule has 0 spiro atoms. The van der Waals surface area contributed by atoms with Crippen molar-refractivity contribution in [2.45, 2.75) is 0 Å². The van der Waals surface area contributed by atoms with Gasteiger partial charge in [-0.2, -0.15) is 0 Å². The predicted octanol–water partition coefficient (Wildman–Crippen LogP) is 3.74. The van der Waals surface area contributed by atoms with E-state index in [1.165, 1.54) is 0 Å². The third-order valence-corrected chi connectivity index (χ3v) is 3.10. The summed E-state index contributed by atoms with van der Waals surface area (Å²) in [6.45, 7) is 0. The van der Waals surface area contributed by atoms with Crippen molar-refractivity contribution < 1.29 is 10.2 Å². The van der Waals surface area contributed by atoms with Crippen LogP contribution in [0.4, 0.5) is 0 Å². The van der Waals surface area contributed by atoms with E-state index < -0.39 is 0 Å². The minimum Gasteiger partial charge on any atom is -0.508 e. The molecule has 4 aromatic rings. The van der Waals surface area contributed by atoms with Crippen molar-refractivity contribution in [1.29, 1.82) is 0 Å². The first-order valence-electron chi connectivity index (χ1n) is 8.06. The van der Waals surface area contributed by atoms with Gasteiger partial charge in [-0.3, -0.25) is 9.97 Å². The van der Waals surface area contributed by atoms with Gasteiger partial charge in [0.15, 0.2) is 17.4 Å². The van der Waals surface area contributed by atoms with E-state index in [0.717, 1.165) is 11.4 Å². The van der Waals surface area contributed by atoms with Crippen LogP contribution in [-0.4, -0.2) is 37.5 Å². The Labute approximate surface area is 170 Å². The molecule has 2 N–H and O–H groups in total. The van der Waals surface area contributed by atoms with Crippen molar-refractivity contribution in [3.8, 4) is 22.9 Å². The standard InChI is InChI=1S/C10H8N2.2C6H6O.Al.3H/c1-3-7-11-9(5-1)10-6-2-4-8-12-10;2*7-6-4-2-1-3-5-6;;;;/h1-8H;2*1-5,7H;;;;. The Morgan fingerprint density at radius 3 is 1.00 bits per heavy atom. The fourth-order valence-corrected chi connectivity index (χ4v) is 1.88. The summed E-state index contributed by atoms with van der Waals surface area (Å²) in [6, 6.07) is 29.0. The van der Waals surface area contributed by atoms with Crippen LogP contribution in [0.3, 0.4) is 0 Å². The van der Waals surface area contributed by atoms with Crippen molar-refractivity contribution in [2.75, 3.05) is 0 Å². The van der Waals surface area contributed by atoms with Crippen LogP contribution >= 0.6 is 0 Å². The Morgan fingerprint density at radius 1 is 0.444 bits per heavy atom. The number of rotatable bonds is 1. The van der Waals surface area contributed by atoms with Gasteiger partial charge in [0.05, 0.1) is 11.4 Å². The van der Waals surface area contributed by atoms with E-state index in [2.05, 4.69) is 9.97 Å². The van der Waals surface area contributed by atoms with Crippen molar-refractivity contribution >= 4 is 17.4 Å². The molecule has 4 nitrogen and oxygen atoms in total. The van der Waals surface area contributed by atoms with Crippen molar-refractivity contribution in [3.05, 3.63) is 109 Å². The molecule has 4 rings (SSSR count). The molecule has 136 valence electrons. The third-order valence-electron chi connectivity index (χ3n) is 3.10. The Balaban J connectivity index is 0.000000211. The number of hydrogen-bond acceptors (Lipinski definition) is 4. The molecule has 0 saturated heterocycles. The van der Waals surface area contributed by atoms with Gasteiger partial charge in [-0.1, -0.05) is 48.5 Å². The summed E-state index contributed by atoms with van der Waals surface area (Å²) >= 11 is 0. The Kier molecular flexibility index (Phi) is 10.7. The molecular weight excluding hydrogens is 351 g/mol. The Hall–Kier alpha value is -3.13. The molecule has 2 aromatic carbocycles. The van der Waals surface area contributed by atoms with Crippen LogP contribution in [0.2, 0.25) is 0 Å². The number of benzene rings is 2. The number of pyridine rings is 2. The number of phenols is 2.